The van der Waals surface area contributed by atoms with Crippen LogP contribution in [0.3, 0.4) is 0 Å². The van der Waals surface area contributed by atoms with Gasteiger partial charge in [-0.25, -0.2) is 0 Å². The first-order chi connectivity index (χ1) is 16.5. The maximum Gasteiger partial charge on any atom is 0.303 e. The van der Waals surface area contributed by atoms with E-state index in [9.17, 15) is 24.9 Å². The van der Waals surface area contributed by atoms with Gasteiger partial charge in [0.2, 0.25) is 0 Å². The summed E-state index contributed by atoms with van der Waals surface area (Å²) in [5.74, 6) is -0.190. The Balaban J connectivity index is 1.63. The van der Waals surface area contributed by atoms with E-state index in [2.05, 4.69) is 40.7 Å². The highest BCUT2D eigenvalue weighted by Crippen LogP contribution is 2.75. The number of carbonyl (C=O) groups is 2. The van der Waals surface area contributed by atoms with Crippen LogP contribution in [0.15, 0.2) is 11.6 Å². The molecule has 0 bridgehead atoms. The molecule has 5 rings (SSSR count). The average Bonchev–Trinajstić information content (AvgIpc) is 2.76. The fourth-order valence-corrected chi connectivity index (χ4v) is 10.9. The Morgan fingerprint density at radius 3 is 2.22 bits per heavy atom. The molecule has 0 radical (unpaired) electrons. The van der Waals surface area contributed by atoms with Crippen molar-refractivity contribution >= 4 is 11.8 Å². The molecule has 0 aromatic carbocycles. The van der Waals surface area contributed by atoms with E-state index in [0.29, 0.717) is 18.3 Å². The van der Waals surface area contributed by atoms with Gasteiger partial charge >= 0.3 is 5.97 Å². The monoisotopic (exact) mass is 500 g/mol. The number of aliphatic hydroxyl groups excluding tert-OH is 2. The lowest BCUT2D eigenvalue weighted by atomic mass is 9.33. The average molecular weight is 501 g/mol. The lowest BCUT2D eigenvalue weighted by molar-refractivity contribution is -0.231. The smallest absolute Gasteiger partial charge is 0.303 e. The van der Waals surface area contributed by atoms with Crippen LogP contribution in [0, 0.1) is 50.2 Å². The van der Waals surface area contributed by atoms with E-state index < -0.39 is 29.0 Å². The van der Waals surface area contributed by atoms with E-state index in [0.717, 1.165) is 44.9 Å². The second-order valence-corrected chi connectivity index (χ2v) is 15.4. The fourth-order valence-electron chi connectivity index (χ4n) is 10.9. The van der Waals surface area contributed by atoms with Crippen molar-refractivity contribution in [1.82, 2.24) is 0 Å². The highest BCUT2D eigenvalue weighted by Gasteiger charge is 2.70. The van der Waals surface area contributed by atoms with Crippen molar-refractivity contribution in [3.8, 4) is 0 Å². The van der Waals surface area contributed by atoms with Gasteiger partial charge in [-0.1, -0.05) is 60.1 Å². The van der Waals surface area contributed by atoms with Gasteiger partial charge in [0.25, 0.3) is 0 Å². The minimum atomic E-state index is -0.790. The number of hydrogen-bond acceptors (Lipinski definition) is 4. The summed E-state index contributed by atoms with van der Waals surface area (Å²) in [5.41, 5.74) is -0.356. The van der Waals surface area contributed by atoms with Crippen molar-refractivity contribution < 1.29 is 24.9 Å². The molecular weight excluding hydrogens is 452 g/mol. The summed E-state index contributed by atoms with van der Waals surface area (Å²) >= 11 is 0. The van der Waals surface area contributed by atoms with Gasteiger partial charge < -0.3 is 15.3 Å². The summed E-state index contributed by atoms with van der Waals surface area (Å²) in [6.45, 7) is 15.5. The third kappa shape index (κ3) is 3.14. The molecule has 36 heavy (non-hydrogen) atoms. The maximum atomic E-state index is 14.1. The minimum absolute atomic E-state index is 0.0440. The summed E-state index contributed by atoms with van der Waals surface area (Å²) in [6, 6.07) is 0. The molecule has 4 fully saturated rings. The highest BCUT2D eigenvalue weighted by atomic mass is 16.4. The second kappa shape index (κ2) is 7.68. The molecule has 0 spiro atoms. The number of Topliss-reactive ketones (excluding diaryl/α,β-unsaturated/α-hetero) is 1. The molecule has 5 aliphatic rings. The van der Waals surface area contributed by atoms with E-state index in [1.54, 1.807) is 0 Å². The number of fused-ring (bicyclic) bond motifs is 7. The zero-order valence-electron chi connectivity index (χ0n) is 23.5. The van der Waals surface area contributed by atoms with Crippen LogP contribution in [0.4, 0.5) is 0 Å². The molecule has 0 saturated heterocycles. The van der Waals surface area contributed by atoms with Crippen LogP contribution in [0.25, 0.3) is 0 Å². The first kappa shape index (κ1) is 26.4. The van der Waals surface area contributed by atoms with Crippen LogP contribution in [-0.2, 0) is 9.59 Å². The van der Waals surface area contributed by atoms with Gasteiger partial charge in [0.1, 0.15) is 5.78 Å². The first-order valence-corrected chi connectivity index (χ1v) is 14.3. The predicted molar refractivity (Wildman–Crippen MR) is 139 cm³/mol. The number of aliphatic carboxylic acids is 1. The van der Waals surface area contributed by atoms with E-state index in [1.807, 2.05) is 13.8 Å². The van der Waals surface area contributed by atoms with Crippen LogP contribution in [-0.4, -0.2) is 39.3 Å². The van der Waals surface area contributed by atoms with Gasteiger partial charge in [-0.15, -0.1) is 0 Å². The Hall–Kier alpha value is -1.20. The van der Waals surface area contributed by atoms with Gasteiger partial charge in [-0.2, -0.15) is 0 Å². The molecule has 0 amide bonds. The number of carbonyl (C=O) groups excluding carboxylic acids is 1. The zero-order chi connectivity index (χ0) is 26.7. The Kier molecular flexibility index (Phi) is 5.64. The van der Waals surface area contributed by atoms with E-state index in [4.69, 9.17) is 0 Å². The van der Waals surface area contributed by atoms with E-state index in [-0.39, 0.29) is 39.8 Å². The molecule has 202 valence electrons. The number of hydrogen-bond donors (Lipinski definition) is 3. The van der Waals surface area contributed by atoms with Crippen LogP contribution >= 0.6 is 0 Å². The summed E-state index contributed by atoms with van der Waals surface area (Å²) < 4.78 is 0. The number of carboxylic acid groups (broad SMARTS) is 1. The Labute approximate surface area is 217 Å². The van der Waals surface area contributed by atoms with Crippen LogP contribution < -0.4 is 0 Å². The van der Waals surface area contributed by atoms with E-state index >= 15 is 0 Å². The van der Waals surface area contributed by atoms with Crippen molar-refractivity contribution in [2.45, 2.75) is 118 Å². The molecule has 3 N–H and O–H groups in total. The van der Waals surface area contributed by atoms with Gasteiger partial charge in [-0.05, 0) is 90.3 Å². The quantitative estimate of drug-likeness (QED) is 0.418. The number of rotatable bonds is 2. The Morgan fingerprint density at radius 1 is 0.944 bits per heavy atom. The summed E-state index contributed by atoms with van der Waals surface area (Å²) in [5, 5.41) is 31.8. The van der Waals surface area contributed by atoms with Crippen molar-refractivity contribution in [3.05, 3.63) is 11.6 Å². The zero-order valence-corrected chi connectivity index (χ0v) is 23.5. The third-order valence-electron chi connectivity index (χ3n) is 13.2. The van der Waals surface area contributed by atoms with Gasteiger partial charge in [0.05, 0.1) is 18.6 Å². The molecule has 5 heteroatoms. The fraction of sp³-hybridized carbons (Fsp3) is 0.871. The maximum absolute atomic E-state index is 14.1. The summed E-state index contributed by atoms with van der Waals surface area (Å²) in [4.78, 5) is 26.1. The van der Waals surface area contributed by atoms with Crippen molar-refractivity contribution in [3.63, 3.8) is 0 Å². The van der Waals surface area contributed by atoms with E-state index in [1.165, 1.54) is 5.57 Å². The SMILES string of the molecule is CC1(C)CC[C@]2(CC(=O)O)CC[C@]3(C)C(=CC[C@@H]4[C@@]5(C)C[C@@H](O)[C@@H](O)C(C)(C)[C@@H]5CC[C@]43C)[C@@H]2C1=O. The normalized spacial score (nSPS) is 51.2. The Bertz CT molecular complexity index is 1010. The molecule has 0 aromatic heterocycles. The molecule has 4 saturated carbocycles. The van der Waals surface area contributed by atoms with Crippen molar-refractivity contribution in [2.24, 2.45) is 50.2 Å². The van der Waals surface area contributed by atoms with Gasteiger partial charge in [-0.3, -0.25) is 9.59 Å². The molecule has 0 heterocycles. The first-order valence-electron chi connectivity index (χ1n) is 14.3. The number of aliphatic hydroxyl groups is 2. The molecule has 0 aromatic rings. The number of carboxylic acids is 1. The van der Waals surface area contributed by atoms with Crippen LogP contribution in [0.2, 0.25) is 0 Å². The van der Waals surface area contributed by atoms with Crippen molar-refractivity contribution in [1.29, 1.82) is 0 Å². The largest absolute Gasteiger partial charge is 0.481 e. The molecule has 5 nitrogen and oxygen atoms in total. The lowest BCUT2D eigenvalue weighted by Gasteiger charge is -2.71. The third-order valence-corrected chi connectivity index (χ3v) is 13.2. The topological polar surface area (TPSA) is 94.8 Å². The van der Waals surface area contributed by atoms with Gasteiger partial charge in [0.15, 0.2) is 0 Å². The summed E-state index contributed by atoms with van der Waals surface area (Å²) in [7, 11) is 0. The standard InChI is InChI=1S/C31H48O5/c1-26(2)12-14-31(17-22(33)34)15-13-29(6)18(23(31)25(26)36)8-9-21-28(5)16-19(32)24(35)27(3,4)20(28)10-11-30(21,29)7/h8,19-21,23-24,32,35H,9-17H2,1-7H3,(H,33,34)/t19-,20+,21-,23-,24-,28+,29-,30-,31-/m1/s1. The number of ketones is 1. The lowest BCUT2D eigenvalue weighted by Crippen LogP contribution is -2.67. The molecule has 5 aliphatic carbocycles. The van der Waals surface area contributed by atoms with Crippen LogP contribution in [0.1, 0.15) is 106 Å². The number of allylic oxidation sites excluding steroid dienone is 2. The highest BCUT2D eigenvalue weighted by molar-refractivity contribution is 5.91. The molecule has 0 aliphatic heterocycles. The van der Waals surface area contributed by atoms with Crippen LogP contribution in [0.5, 0.6) is 0 Å². The second-order valence-electron chi connectivity index (χ2n) is 15.4. The predicted octanol–water partition coefficient (Wildman–Crippen LogP) is 5.77. The van der Waals surface area contributed by atoms with Gasteiger partial charge in [0, 0.05) is 11.3 Å². The summed E-state index contributed by atoms with van der Waals surface area (Å²) in [6.07, 6.45) is 7.77. The Morgan fingerprint density at radius 2 is 1.58 bits per heavy atom. The van der Waals surface area contributed by atoms with Crippen molar-refractivity contribution in [2.75, 3.05) is 0 Å². The molecular formula is C31H48O5. The minimum Gasteiger partial charge on any atom is -0.481 e. The molecule has 9 atom stereocenters. The molecule has 0 unspecified atom stereocenters.